The lowest BCUT2D eigenvalue weighted by Crippen LogP contribution is -2.40. The maximum atomic E-state index is 12.5. The molecule has 1 saturated heterocycles. The van der Waals surface area contributed by atoms with E-state index in [1.165, 1.54) is 27.7 Å². The number of amides is 4. The molecule has 4 amide bonds. The quantitative estimate of drug-likeness (QED) is 0.0347. The second-order valence-corrected chi connectivity index (χ2v) is 24.2. The Morgan fingerprint density at radius 2 is 0.837 bits per heavy atom. The van der Waals surface area contributed by atoms with Crippen LogP contribution in [0, 0.1) is 17.8 Å². The molecule has 0 spiro atoms. The van der Waals surface area contributed by atoms with Crippen LogP contribution in [0.25, 0.3) is 0 Å². The molecule has 3 atom stereocenters. The fourth-order valence-corrected chi connectivity index (χ4v) is 5.71. The highest BCUT2D eigenvalue weighted by atomic mass is 16.7. The minimum Gasteiger partial charge on any atom is -0.481 e. The number of carbonyl (C=O) groups is 14. The molecule has 0 aromatic heterocycles. The molecule has 0 aromatic carbocycles. The number of nitrogens with one attached hydrogen (secondary N) is 4. The van der Waals surface area contributed by atoms with E-state index >= 15 is 0 Å². The molecule has 0 bridgehead atoms. The largest absolute Gasteiger partial charge is 0.481 e. The molecule has 0 saturated carbocycles. The summed E-state index contributed by atoms with van der Waals surface area (Å²) in [5, 5.41) is 26.6. The van der Waals surface area contributed by atoms with Gasteiger partial charge in [-0.1, -0.05) is 13.8 Å². The predicted molar refractivity (Wildman–Crippen MR) is 307 cm³/mol. The van der Waals surface area contributed by atoms with Gasteiger partial charge in [0.25, 0.3) is 5.79 Å². The molecule has 3 unspecified atom stereocenters. The van der Waals surface area contributed by atoms with Crippen LogP contribution in [0.2, 0.25) is 0 Å². The first-order chi connectivity index (χ1) is 38.8. The molecule has 1 aliphatic heterocycles. The third-order valence-electron chi connectivity index (χ3n) is 8.97. The van der Waals surface area contributed by atoms with Gasteiger partial charge in [-0.15, -0.1) is 0 Å². The summed E-state index contributed by atoms with van der Waals surface area (Å²) >= 11 is 0. The van der Waals surface area contributed by atoms with Crippen molar-refractivity contribution in [1.29, 1.82) is 0 Å². The first kappa shape index (κ1) is 84.8. The molecule has 0 aromatic rings. The summed E-state index contributed by atoms with van der Waals surface area (Å²) in [5.41, 5.74) is -3.10. The lowest BCUT2D eigenvalue weighted by molar-refractivity contribution is -0.231. The van der Waals surface area contributed by atoms with Crippen LogP contribution in [0.1, 0.15) is 190 Å². The number of Topliss-reactive ketones (excluding diaryl/α,β-unsaturated/α-hetero) is 3. The lowest BCUT2D eigenvalue weighted by Gasteiger charge is -2.28. The average Bonchev–Trinajstić information content (AvgIpc) is 3.45. The van der Waals surface area contributed by atoms with E-state index in [2.05, 4.69) is 35.5 Å². The van der Waals surface area contributed by atoms with Gasteiger partial charge >= 0.3 is 66.2 Å². The van der Waals surface area contributed by atoms with E-state index in [0.717, 1.165) is 0 Å². The number of carbonyl (C=O) groups excluding carboxylic acids is 12. The Morgan fingerprint density at radius 3 is 1.15 bits per heavy atom. The third kappa shape index (κ3) is 54.3. The van der Waals surface area contributed by atoms with Crippen LogP contribution in [-0.2, 0) is 90.6 Å². The van der Waals surface area contributed by atoms with E-state index in [0.29, 0.717) is 0 Å². The van der Waals surface area contributed by atoms with Gasteiger partial charge in [-0.3, -0.25) is 47.9 Å². The number of aliphatic carboxylic acids is 2. The highest BCUT2D eigenvalue weighted by Gasteiger charge is 2.39. The van der Waals surface area contributed by atoms with Gasteiger partial charge in [-0.2, -0.15) is 0 Å². The Bertz CT molecular complexity index is 2230. The summed E-state index contributed by atoms with van der Waals surface area (Å²) in [7, 11) is 0. The highest BCUT2D eigenvalue weighted by molar-refractivity contribution is 6.02. The molecule has 1 rings (SSSR count). The Kier molecular flexibility index (Phi) is 40.1. The van der Waals surface area contributed by atoms with Crippen LogP contribution in [0.4, 0.5) is 19.2 Å². The van der Waals surface area contributed by atoms with Crippen molar-refractivity contribution in [3.05, 3.63) is 0 Å². The van der Waals surface area contributed by atoms with Crippen LogP contribution in [0.5, 0.6) is 0 Å². The molecule has 1 aliphatic rings. The van der Waals surface area contributed by atoms with Crippen LogP contribution < -0.4 is 21.3 Å². The zero-order valence-corrected chi connectivity index (χ0v) is 54.2. The molecule has 86 heavy (non-hydrogen) atoms. The van der Waals surface area contributed by atoms with Crippen molar-refractivity contribution in [3.63, 3.8) is 0 Å². The smallest absolute Gasteiger partial charge is 0.407 e. The van der Waals surface area contributed by atoms with Crippen molar-refractivity contribution in [2.24, 2.45) is 17.8 Å². The SMILES string of the molecule is CC(C)(C)OC(=O)NCCC(=O)O.CC(CC(=O)CCNC(=O)OC(C)(C)C)C(=O)O.CC1(C)OC(=O)CC(=O)O1.CCOC(=O)C(C(=O)CCNC(=O)OC(C)(C)C)C(C)C(=O)OC(C)(C)C.CCOC(=O)CC(=O)CCNC(=O)OC(C)(C)C. The van der Waals surface area contributed by atoms with Crippen LogP contribution in [-0.4, -0.2) is 167 Å². The summed E-state index contributed by atoms with van der Waals surface area (Å²) in [6, 6.07) is 0. The first-order valence-electron chi connectivity index (χ1n) is 27.7. The molecule has 29 heteroatoms. The Hall–Kier alpha value is -7.62. The third-order valence-corrected chi connectivity index (χ3v) is 8.97. The molecule has 0 radical (unpaired) electrons. The fourth-order valence-electron chi connectivity index (χ4n) is 5.71. The van der Waals surface area contributed by atoms with Crippen molar-refractivity contribution >= 4 is 83.5 Å². The maximum absolute atomic E-state index is 12.5. The highest BCUT2D eigenvalue weighted by Crippen LogP contribution is 2.22. The van der Waals surface area contributed by atoms with Crippen molar-refractivity contribution < 1.29 is 120 Å². The molecular formula is C57H98N4O25. The van der Waals surface area contributed by atoms with E-state index in [4.69, 9.17) is 38.6 Å². The molecule has 6 N–H and O–H groups in total. The van der Waals surface area contributed by atoms with Gasteiger partial charge in [-0.05, 0) is 118 Å². The lowest BCUT2D eigenvalue weighted by atomic mass is 9.88. The Balaban J connectivity index is -0.000000507. The summed E-state index contributed by atoms with van der Waals surface area (Å²) in [6.45, 7) is 35.9. The van der Waals surface area contributed by atoms with E-state index in [1.807, 2.05) is 0 Å². The number of ether oxygens (including phenoxy) is 9. The summed E-state index contributed by atoms with van der Waals surface area (Å²) in [4.78, 5) is 157. The number of hydrogen-bond donors (Lipinski definition) is 6. The zero-order chi connectivity index (χ0) is 68.2. The molecular weight excluding hydrogens is 1140 g/mol. The number of alkyl carbamates (subject to hydrolysis) is 4. The summed E-state index contributed by atoms with van der Waals surface area (Å²) in [5.74, 6) is -10.0. The van der Waals surface area contributed by atoms with Gasteiger partial charge in [-0.25, -0.2) is 19.2 Å². The van der Waals surface area contributed by atoms with Gasteiger partial charge in [0.1, 0.15) is 64.1 Å². The number of cyclic esters (lactones) is 2. The number of carboxylic acids is 2. The number of carboxylic acid groups (broad SMARTS) is 2. The van der Waals surface area contributed by atoms with Crippen molar-refractivity contribution in [3.8, 4) is 0 Å². The van der Waals surface area contributed by atoms with Gasteiger partial charge in [0, 0.05) is 65.7 Å². The Morgan fingerprint density at radius 1 is 0.500 bits per heavy atom. The first-order valence-corrected chi connectivity index (χ1v) is 27.7. The molecule has 1 fully saturated rings. The van der Waals surface area contributed by atoms with Gasteiger partial charge < -0.3 is 74.1 Å². The molecule has 1 heterocycles. The number of hydrogen-bond acceptors (Lipinski definition) is 23. The average molecular weight is 1240 g/mol. The van der Waals surface area contributed by atoms with Crippen LogP contribution in [0.3, 0.4) is 0 Å². The van der Waals surface area contributed by atoms with Gasteiger partial charge in [0.15, 0.2) is 0 Å². The maximum Gasteiger partial charge on any atom is 0.407 e. The number of esters is 5. The van der Waals surface area contributed by atoms with E-state index in [-0.39, 0.29) is 95.9 Å². The van der Waals surface area contributed by atoms with Crippen LogP contribution >= 0.6 is 0 Å². The standard InChI is InChI=1S/C19H33NO7.2C12H21NO5.C8H15NO4.C6H8O4/c1-9-25-16(23)14(12(2)15(22)26-18(3,4)5)13(21)10-11-20-17(24)27-19(6,7)8;1-8(10(15)16)7-9(14)5-6-13-11(17)18-12(2,3)4;1-5-17-10(15)8-9(14)6-7-13-11(16)18-12(2,3)4;1-8(2,3)13-7(12)9-5-4-6(10)11;1-6(2)9-4(7)3-5(8)10-6/h12,14H,9-11H2,1-8H3,(H,20,24);8H,5-7H2,1-4H3,(H,13,17)(H,15,16);5-8H2,1-4H3,(H,13,16);4-5H2,1-3H3,(H,9,12)(H,10,11);3H2,1-2H3. The van der Waals surface area contributed by atoms with E-state index in [1.54, 1.807) is 118 Å². The summed E-state index contributed by atoms with van der Waals surface area (Å²) < 4.78 is 44.1. The fraction of sp³-hybridized carbons (Fsp3) is 0.754. The van der Waals surface area contributed by atoms with Gasteiger partial charge in [0.05, 0.1) is 31.5 Å². The summed E-state index contributed by atoms with van der Waals surface area (Å²) in [6.07, 6.45) is -3.02. The molecule has 29 nitrogen and oxygen atoms in total. The predicted octanol–water partition coefficient (Wildman–Crippen LogP) is 6.83. The van der Waals surface area contributed by atoms with Crippen molar-refractivity contribution in [2.45, 2.75) is 224 Å². The monoisotopic (exact) mass is 1240 g/mol. The zero-order valence-electron chi connectivity index (χ0n) is 54.2. The topological polar surface area (TPSA) is 411 Å². The van der Waals surface area contributed by atoms with Crippen molar-refractivity contribution in [2.75, 3.05) is 39.4 Å². The molecule has 496 valence electrons. The Labute approximate surface area is 504 Å². The number of rotatable bonds is 23. The second kappa shape index (κ2) is 40.7. The van der Waals surface area contributed by atoms with Gasteiger partial charge in [0.2, 0.25) is 0 Å². The second-order valence-electron chi connectivity index (χ2n) is 24.2. The minimum absolute atomic E-state index is 0.0225. The van der Waals surface area contributed by atoms with Crippen LogP contribution in [0.15, 0.2) is 0 Å². The van der Waals surface area contributed by atoms with E-state index < -0.39 is 123 Å². The van der Waals surface area contributed by atoms with Crippen molar-refractivity contribution in [1.82, 2.24) is 21.3 Å². The molecule has 0 aliphatic carbocycles. The number of ketones is 3. The normalized spacial score (nSPS) is 13.6. The minimum atomic E-state index is -1.29. The van der Waals surface area contributed by atoms with E-state index in [9.17, 15) is 67.1 Å².